The summed E-state index contributed by atoms with van der Waals surface area (Å²) in [7, 11) is -4.20. The average Bonchev–Trinajstić information content (AvgIpc) is 3.32. The maximum Gasteiger partial charge on any atom is 0.326 e. The van der Waals surface area contributed by atoms with Crippen LogP contribution in [0.4, 0.5) is 0 Å². The summed E-state index contributed by atoms with van der Waals surface area (Å²) in [5.41, 5.74) is -0.743. The zero-order chi connectivity index (χ0) is 25.2. The van der Waals surface area contributed by atoms with Gasteiger partial charge < -0.3 is 9.15 Å². The standard InChI is InChI=1S/C25H22N4O5S/c1-3-33-24(30)20(15-26)25(16-27)19-11-7-8-12-22(19)35(31,32)29(25)14-13-21-17(2)34-23(28-21)18-9-5-4-6-10-18/h4-12,20H,3,13-14H2,1-2H3. The maximum absolute atomic E-state index is 13.6. The van der Waals surface area contributed by atoms with Gasteiger partial charge in [0, 0.05) is 24.1 Å². The van der Waals surface area contributed by atoms with Crippen molar-refractivity contribution in [3.8, 4) is 23.6 Å². The third-order valence-corrected chi connectivity index (χ3v) is 7.93. The Morgan fingerprint density at radius 1 is 1.17 bits per heavy atom. The van der Waals surface area contributed by atoms with Crippen molar-refractivity contribution in [3.05, 3.63) is 71.6 Å². The van der Waals surface area contributed by atoms with Crippen LogP contribution in [0.15, 0.2) is 63.9 Å². The van der Waals surface area contributed by atoms with Crippen molar-refractivity contribution in [2.45, 2.75) is 30.7 Å². The number of aromatic nitrogens is 1. The lowest BCUT2D eigenvalue weighted by molar-refractivity contribution is -0.148. The summed E-state index contributed by atoms with van der Waals surface area (Å²) in [6.45, 7) is 3.06. The molecule has 178 valence electrons. The molecule has 2 atom stereocenters. The van der Waals surface area contributed by atoms with Crippen LogP contribution < -0.4 is 0 Å². The first kappa shape index (κ1) is 24.1. The highest BCUT2D eigenvalue weighted by atomic mass is 32.2. The minimum absolute atomic E-state index is 0.0205. The van der Waals surface area contributed by atoms with Crippen LogP contribution in [-0.2, 0) is 31.5 Å². The van der Waals surface area contributed by atoms with Crippen molar-refractivity contribution >= 4 is 16.0 Å². The van der Waals surface area contributed by atoms with Gasteiger partial charge >= 0.3 is 5.97 Å². The minimum atomic E-state index is -4.20. The molecule has 35 heavy (non-hydrogen) atoms. The molecule has 1 aliphatic rings. The molecule has 0 saturated heterocycles. The number of aryl methyl sites for hydroxylation is 1. The Morgan fingerprint density at radius 3 is 2.51 bits per heavy atom. The van der Waals surface area contributed by atoms with E-state index in [9.17, 15) is 23.7 Å². The fourth-order valence-corrected chi connectivity index (χ4v) is 6.28. The molecule has 0 aliphatic carbocycles. The van der Waals surface area contributed by atoms with Gasteiger partial charge in [-0.3, -0.25) is 4.79 Å². The normalized spacial score (nSPS) is 19.3. The lowest BCUT2D eigenvalue weighted by atomic mass is 9.79. The van der Waals surface area contributed by atoms with Gasteiger partial charge in [0.15, 0.2) is 11.5 Å². The SMILES string of the molecule is CCOC(=O)C(C#N)C1(C#N)c2ccccc2S(=O)(=O)N1CCc1nc(-c2ccccc2)oc1C. The largest absolute Gasteiger partial charge is 0.465 e. The van der Waals surface area contributed by atoms with Crippen LogP contribution in [-0.4, -0.2) is 36.8 Å². The Kier molecular flexibility index (Phi) is 6.44. The molecule has 0 fully saturated rings. The molecular weight excluding hydrogens is 468 g/mol. The van der Waals surface area contributed by atoms with Crippen molar-refractivity contribution in [2.24, 2.45) is 5.92 Å². The predicted octanol–water partition coefficient (Wildman–Crippen LogP) is 3.32. The van der Waals surface area contributed by atoms with E-state index in [4.69, 9.17) is 9.15 Å². The van der Waals surface area contributed by atoms with Gasteiger partial charge in [0.25, 0.3) is 0 Å². The first-order chi connectivity index (χ1) is 16.8. The average molecular weight is 491 g/mol. The molecule has 0 amide bonds. The molecule has 0 bridgehead atoms. The van der Waals surface area contributed by atoms with E-state index >= 15 is 0 Å². The highest BCUT2D eigenvalue weighted by Gasteiger charge is 2.61. The molecular formula is C25H22N4O5S. The van der Waals surface area contributed by atoms with Crippen LogP contribution in [0, 0.1) is 35.5 Å². The Morgan fingerprint density at radius 2 is 1.86 bits per heavy atom. The van der Waals surface area contributed by atoms with Gasteiger partial charge in [-0.25, -0.2) is 13.4 Å². The number of benzene rings is 2. The number of hydrogen-bond acceptors (Lipinski definition) is 8. The minimum Gasteiger partial charge on any atom is -0.465 e. The van der Waals surface area contributed by atoms with Crippen molar-refractivity contribution in [3.63, 3.8) is 0 Å². The van der Waals surface area contributed by atoms with Gasteiger partial charge in [0.05, 0.1) is 29.3 Å². The quantitative estimate of drug-likeness (QED) is 0.460. The van der Waals surface area contributed by atoms with Gasteiger partial charge in [-0.2, -0.15) is 14.8 Å². The molecule has 2 heterocycles. The second-order valence-corrected chi connectivity index (χ2v) is 9.73. The van der Waals surface area contributed by atoms with E-state index in [1.807, 2.05) is 42.5 Å². The first-order valence-corrected chi connectivity index (χ1v) is 12.4. The predicted molar refractivity (Wildman–Crippen MR) is 124 cm³/mol. The van der Waals surface area contributed by atoms with Crippen LogP contribution >= 0.6 is 0 Å². The number of carbonyl (C=O) groups is 1. The molecule has 0 radical (unpaired) electrons. The number of carbonyl (C=O) groups excluding carboxylic acids is 1. The number of fused-ring (bicyclic) bond motifs is 1. The summed E-state index contributed by atoms with van der Waals surface area (Å²) in [6.07, 6.45) is 0.0970. The topological polar surface area (TPSA) is 137 Å². The second kappa shape index (κ2) is 9.34. The van der Waals surface area contributed by atoms with Crippen LogP contribution in [0.1, 0.15) is 23.9 Å². The van der Waals surface area contributed by atoms with E-state index in [1.165, 1.54) is 18.2 Å². The van der Waals surface area contributed by atoms with E-state index in [-0.39, 0.29) is 30.0 Å². The summed E-state index contributed by atoms with van der Waals surface area (Å²) in [5, 5.41) is 20.2. The number of ether oxygens (including phenoxy) is 1. The van der Waals surface area contributed by atoms with Gasteiger partial charge in [-0.15, -0.1) is 0 Å². The number of hydrogen-bond donors (Lipinski definition) is 0. The van der Waals surface area contributed by atoms with Crippen LogP contribution in [0.5, 0.6) is 0 Å². The van der Waals surface area contributed by atoms with E-state index in [1.54, 1.807) is 19.9 Å². The Labute approximate surface area is 203 Å². The number of rotatable bonds is 7. The molecule has 0 spiro atoms. The zero-order valence-electron chi connectivity index (χ0n) is 19.1. The molecule has 1 aliphatic heterocycles. The number of oxazole rings is 1. The maximum atomic E-state index is 13.6. The summed E-state index contributed by atoms with van der Waals surface area (Å²) < 4.78 is 38.9. The third kappa shape index (κ3) is 3.87. The molecule has 4 rings (SSSR count). The highest BCUT2D eigenvalue weighted by Crippen LogP contribution is 2.48. The lowest BCUT2D eigenvalue weighted by Gasteiger charge is -2.33. The van der Waals surface area contributed by atoms with Crippen LogP contribution in [0.3, 0.4) is 0 Å². The molecule has 2 unspecified atom stereocenters. The lowest BCUT2D eigenvalue weighted by Crippen LogP contribution is -2.51. The number of nitrogens with zero attached hydrogens (tertiary/aromatic N) is 4. The Hall–Kier alpha value is -3.99. The highest BCUT2D eigenvalue weighted by molar-refractivity contribution is 7.89. The van der Waals surface area contributed by atoms with Crippen molar-refractivity contribution in [1.29, 1.82) is 10.5 Å². The molecule has 0 N–H and O–H groups in total. The molecule has 0 saturated carbocycles. The molecule has 3 aromatic rings. The van der Waals surface area contributed by atoms with Crippen LogP contribution in [0.2, 0.25) is 0 Å². The first-order valence-electron chi connectivity index (χ1n) is 10.9. The van der Waals surface area contributed by atoms with E-state index in [2.05, 4.69) is 4.98 Å². The van der Waals surface area contributed by atoms with E-state index < -0.39 is 27.4 Å². The van der Waals surface area contributed by atoms with Crippen LogP contribution in [0.25, 0.3) is 11.5 Å². The summed E-state index contributed by atoms with van der Waals surface area (Å²) in [5.74, 6) is -1.76. The van der Waals surface area contributed by atoms with Gasteiger partial charge in [0.2, 0.25) is 15.9 Å². The Balaban J connectivity index is 1.77. The smallest absolute Gasteiger partial charge is 0.326 e. The third-order valence-electron chi connectivity index (χ3n) is 5.96. The fraction of sp³-hybridized carbons (Fsp3) is 0.280. The Bertz CT molecular complexity index is 1450. The molecule has 2 aromatic carbocycles. The number of sulfonamides is 1. The van der Waals surface area contributed by atoms with Gasteiger partial charge in [0.1, 0.15) is 5.76 Å². The van der Waals surface area contributed by atoms with Crippen molar-refractivity contribution in [2.75, 3.05) is 13.2 Å². The summed E-state index contributed by atoms with van der Waals surface area (Å²) >= 11 is 0. The van der Waals surface area contributed by atoms with Gasteiger partial charge in [-0.1, -0.05) is 36.4 Å². The molecule has 9 nitrogen and oxygen atoms in total. The van der Waals surface area contributed by atoms with Gasteiger partial charge in [-0.05, 0) is 32.0 Å². The molecule has 10 heteroatoms. The summed E-state index contributed by atoms with van der Waals surface area (Å²) in [6, 6.07) is 19.0. The fourth-order valence-electron chi connectivity index (χ4n) is 4.34. The number of esters is 1. The van der Waals surface area contributed by atoms with Crippen molar-refractivity contribution in [1.82, 2.24) is 9.29 Å². The van der Waals surface area contributed by atoms with Crippen molar-refractivity contribution < 1.29 is 22.4 Å². The molecule has 1 aromatic heterocycles. The second-order valence-electron chi connectivity index (χ2n) is 7.90. The summed E-state index contributed by atoms with van der Waals surface area (Å²) in [4.78, 5) is 17.1. The monoisotopic (exact) mass is 490 g/mol. The zero-order valence-corrected chi connectivity index (χ0v) is 19.9. The number of nitriles is 2. The van der Waals surface area contributed by atoms with E-state index in [0.29, 0.717) is 17.3 Å². The van der Waals surface area contributed by atoms with E-state index in [0.717, 1.165) is 9.87 Å².